The fraction of sp³-hybridized carbons (Fsp3) is 0.278. The number of hydrogen-bond donors (Lipinski definition) is 0. The van der Waals surface area contributed by atoms with Crippen molar-refractivity contribution in [2.75, 3.05) is 0 Å². The van der Waals surface area contributed by atoms with E-state index in [2.05, 4.69) is 19.1 Å². The van der Waals surface area contributed by atoms with E-state index >= 15 is 0 Å². The maximum absolute atomic E-state index is 12.7. The highest BCUT2D eigenvalue weighted by Gasteiger charge is 2.20. The van der Waals surface area contributed by atoms with Gasteiger partial charge in [-0.05, 0) is 37.5 Å². The van der Waals surface area contributed by atoms with Gasteiger partial charge in [-0.1, -0.05) is 55.0 Å². The van der Waals surface area contributed by atoms with Gasteiger partial charge in [0.2, 0.25) is 0 Å². The van der Waals surface area contributed by atoms with Crippen LogP contribution in [0.15, 0.2) is 42.5 Å². The van der Waals surface area contributed by atoms with Crippen molar-refractivity contribution in [2.45, 2.75) is 33.6 Å². The zero-order valence-electron chi connectivity index (χ0n) is 12.0. The lowest BCUT2D eigenvalue weighted by Gasteiger charge is -2.15. The van der Waals surface area contributed by atoms with Gasteiger partial charge in [-0.25, -0.2) is 0 Å². The van der Waals surface area contributed by atoms with Crippen molar-refractivity contribution in [1.29, 1.82) is 0 Å². The molecule has 0 saturated heterocycles. The molecule has 0 radical (unpaired) electrons. The van der Waals surface area contributed by atoms with E-state index in [0.29, 0.717) is 0 Å². The Hall–Kier alpha value is -1.89. The predicted molar refractivity (Wildman–Crippen MR) is 79.8 cm³/mol. The van der Waals surface area contributed by atoms with Crippen LogP contribution < -0.4 is 0 Å². The first-order valence-electron chi connectivity index (χ1n) is 6.67. The van der Waals surface area contributed by atoms with E-state index < -0.39 is 0 Å². The van der Waals surface area contributed by atoms with Crippen LogP contribution in [0.3, 0.4) is 0 Å². The minimum Gasteiger partial charge on any atom is -0.293 e. The summed E-state index contributed by atoms with van der Waals surface area (Å²) in [7, 11) is 0. The number of aryl methyl sites for hydroxylation is 3. The lowest BCUT2D eigenvalue weighted by molar-refractivity contribution is 0.0965. The van der Waals surface area contributed by atoms with Crippen molar-refractivity contribution >= 4 is 5.78 Å². The summed E-state index contributed by atoms with van der Waals surface area (Å²) < 4.78 is 0. The minimum atomic E-state index is -0.0960. The summed E-state index contributed by atoms with van der Waals surface area (Å²) in [6.07, 6.45) is 0. The zero-order valence-corrected chi connectivity index (χ0v) is 12.0. The van der Waals surface area contributed by atoms with Crippen molar-refractivity contribution in [3.63, 3.8) is 0 Å². The molecule has 0 fully saturated rings. The molecule has 0 saturated carbocycles. The average molecular weight is 252 g/mol. The molecule has 1 unspecified atom stereocenters. The Labute approximate surface area is 115 Å². The molecule has 0 heterocycles. The first-order valence-corrected chi connectivity index (χ1v) is 6.67. The average Bonchev–Trinajstić information content (AvgIpc) is 2.37. The van der Waals surface area contributed by atoms with Gasteiger partial charge in [0.15, 0.2) is 5.78 Å². The van der Waals surface area contributed by atoms with Crippen LogP contribution in [0, 0.1) is 20.8 Å². The molecular weight excluding hydrogens is 232 g/mol. The molecule has 0 aliphatic heterocycles. The quantitative estimate of drug-likeness (QED) is 0.730. The van der Waals surface area contributed by atoms with Crippen LogP contribution in [0.1, 0.15) is 45.5 Å². The SMILES string of the molecule is Cc1cc(C)c(C(=O)C(C)c2ccccc2)c(C)c1. The number of benzene rings is 2. The number of carbonyl (C=O) groups excluding carboxylic acids is 1. The topological polar surface area (TPSA) is 17.1 Å². The van der Waals surface area contributed by atoms with Gasteiger partial charge in [-0.2, -0.15) is 0 Å². The lowest BCUT2D eigenvalue weighted by atomic mass is 9.87. The summed E-state index contributed by atoms with van der Waals surface area (Å²) in [5, 5.41) is 0. The molecule has 1 heteroatoms. The maximum atomic E-state index is 12.7. The highest BCUT2D eigenvalue weighted by molar-refractivity contribution is 6.03. The molecule has 2 rings (SSSR count). The monoisotopic (exact) mass is 252 g/mol. The third-order valence-electron chi connectivity index (χ3n) is 3.62. The second-order valence-corrected chi connectivity index (χ2v) is 5.27. The maximum Gasteiger partial charge on any atom is 0.170 e. The third kappa shape index (κ3) is 2.76. The van der Waals surface area contributed by atoms with Gasteiger partial charge in [0.05, 0.1) is 0 Å². The molecule has 0 aliphatic carbocycles. The summed E-state index contributed by atoms with van der Waals surface area (Å²) in [5.74, 6) is 0.113. The smallest absolute Gasteiger partial charge is 0.170 e. The van der Waals surface area contributed by atoms with E-state index in [1.54, 1.807) is 0 Å². The standard InChI is InChI=1S/C18H20O/c1-12-10-13(2)17(14(3)11-12)18(19)15(4)16-8-6-5-7-9-16/h5-11,15H,1-4H3. The molecule has 98 valence electrons. The fourth-order valence-corrected chi connectivity index (χ4v) is 2.68. The minimum absolute atomic E-state index is 0.0960. The van der Waals surface area contributed by atoms with Crippen LogP contribution in [0.2, 0.25) is 0 Å². The van der Waals surface area contributed by atoms with E-state index in [1.807, 2.05) is 51.1 Å². The fourth-order valence-electron chi connectivity index (χ4n) is 2.68. The molecule has 0 bridgehead atoms. The number of carbonyl (C=O) groups is 1. The van der Waals surface area contributed by atoms with Crippen LogP contribution in [0.4, 0.5) is 0 Å². The first-order chi connectivity index (χ1) is 9.00. The van der Waals surface area contributed by atoms with Gasteiger partial charge in [0.1, 0.15) is 0 Å². The summed E-state index contributed by atoms with van der Waals surface area (Å²) in [4.78, 5) is 12.7. The van der Waals surface area contributed by atoms with E-state index in [1.165, 1.54) is 5.56 Å². The van der Waals surface area contributed by atoms with Crippen LogP contribution in [-0.2, 0) is 0 Å². The second-order valence-electron chi connectivity index (χ2n) is 5.27. The number of ketones is 1. The number of rotatable bonds is 3. The summed E-state index contributed by atoms with van der Waals surface area (Å²) in [5.41, 5.74) is 5.31. The predicted octanol–water partition coefficient (Wildman–Crippen LogP) is 4.60. The second kappa shape index (κ2) is 5.40. The van der Waals surface area contributed by atoms with E-state index in [4.69, 9.17) is 0 Å². The van der Waals surface area contributed by atoms with Crippen molar-refractivity contribution in [3.8, 4) is 0 Å². The molecule has 2 aromatic rings. The molecule has 1 nitrogen and oxygen atoms in total. The molecule has 0 spiro atoms. The van der Waals surface area contributed by atoms with Gasteiger partial charge >= 0.3 is 0 Å². The highest BCUT2D eigenvalue weighted by Crippen LogP contribution is 2.25. The summed E-state index contributed by atoms with van der Waals surface area (Å²) >= 11 is 0. The molecule has 0 aromatic heterocycles. The normalized spacial score (nSPS) is 12.2. The largest absolute Gasteiger partial charge is 0.293 e. The van der Waals surface area contributed by atoms with Gasteiger partial charge in [-0.3, -0.25) is 4.79 Å². The highest BCUT2D eigenvalue weighted by atomic mass is 16.1. The Bertz CT molecular complexity index is 573. The summed E-state index contributed by atoms with van der Waals surface area (Å²) in [6.45, 7) is 8.08. The van der Waals surface area contributed by atoms with Gasteiger partial charge in [0.25, 0.3) is 0 Å². The Kier molecular flexibility index (Phi) is 3.84. The van der Waals surface area contributed by atoms with E-state index in [9.17, 15) is 4.79 Å². The van der Waals surface area contributed by atoms with E-state index in [0.717, 1.165) is 22.3 Å². The molecule has 19 heavy (non-hydrogen) atoms. The molecule has 0 aliphatic rings. The van der Waals surface area contributed by atoms with Crippen LogP contribution in [0.25, 0.3) is 0 Å². The Morgan fingerprint density at radius 1 is 0.947 bits per heavy atom. The van der Waals surface area contributed by atoms with Crippen molar-refractivity contribution < 1.29 is 4.79 Å². The van der Waals surface area contributed by atoms with Crippen LogP contribution >= 0.6 is 0 Å². The van der Waals surface area contributed by atoms with Gasteiger partial charge < -0.3 is 0 Å². The van der Waals surface area contributed by atoms with Crippen LogP contribution in [-0.4, -0.2) is 5.78 Å². The Morgan fingerprint density at radius 3 is 2.00 bits per heavy atom. The molecule has 1 atom stereocenters. The Morgan fingerprint density at radius 2 is 1.47 bits per heavy atom. The van der Waals surface area contributed by atoms with E-state index in [-0.39, 0.29) is 11.7 Å². The zero-order chi connectivity index (χ0) is 14.0. The molecule has 0 N–H and O–H groups in total. The summed E-state index contributed by atoms with van der Waals surface area (Å²) in [6, 6.07) is 14.1. The molecule has 0 amide bonds. The number of hydrogen-bond acceptors (Lipinski definition) is 1. The van der Waals surface area contributed by atoms with Crippen molar-refractivity contribution in [2.24, 2.45) is 0 Å². The molecule has 2 aromatic carbocycles. The van der Waals surface area contributed by atoms with Crippen LogP contribution in [0.5, 0.6) is 0 Å². The van der Waals surface area contributed by atoms with Gasteiger partial charge in [-0.15, -0.1) is 0 Å². The van der Waals surface area contributed by atoms with Gasteiger partial charge in [0, 0.05) is 11.5 Å². The third-order valence-corrected chi connectivity index (χ3v) is 3.62. The lowest BCUT2D eigenvalue weighted by Crippen LogP contribution is -2.13. The number of Topliss-reactive ketones (excluding diaryl/α,β-unsaturated/α-hetero) is 1. The van der Waals surface area contributed by atoms with Crippen molar-refractivity contribution in [3.05, 3.63) is 70.3 Å². The Balaban J connectivity index is 2.40. The first kappa shape index (κ1) is 13.5. The van der Waals surface area contributed by atoms with Crippen molar-refractivity contribution in [1.82, 2.24) is 0 Å². The molecular formula is C18H20O.